The van der Waals surface area contributed by atoms with E-state index in [2.05, 4.69) is 0 Å². The number of nitrogen functional groups attached to an aromatic ring is 1. The van der Waals surface area contributed by atoms with Crippen molar-refractivity contribution in [1.29, 1.82) is 0 Å². The fourth-order valence-corrected chi connectivity index (χ4v) is 1.50. The molecule has 0 unspecified atom stereocenters. The average Bonchev–Trinajstić information content (AvgIpc) is 2.26. The molecule has 3 N–H and O–H groups in total. The number of carbonyl (C=O) groups is 1. The lowest BCUT2D eigenvalue weighted by atomic mass is 10.0. The zero-order valence-corrected chi connectivity index (χ0v) is 8.78. The maximum absolute atomic E-state index is 10.6. The SMILES string of the molecule is Nc1ccc(CCCCCO)cc1C=O. The summed E-state index contributed by atoms with van der Waals surface area (Å²) in [5.74, 6) is 0. The van der Waals surface area contributed by atoms with Crippen LogP contribution in [0.2, 0.25) is 0 Å². The number of anilines is 1. The summed E-state index contributed by atoms with van der Waals surface area (Å²) >= 11 is 0. The van der Waals surface area contributed by atoms with E-state index in [1.807, 2.05) is 12.1 Å². The summed E-state index contributed by atoms with van der Waals surface area (Å²) in [7, 11) is 0. The maximum Gasteiger partial charge on any atom is 0.152 e. The van der Waals surface area contributed by atoms with Gasteiger partial charge in [-0.1, -0.05) is 12.5 Å². The molecule has 0 amide bonds. The highest BCUT2D eigenvalue weighted by molar-refractivity contribution is 5.83. The van der Waals surface area contributed by atoms with E-state index >= 15 is 0 Å². The highest BCUT2D eigenvalue weighted by Crippen LogP contribution is 2.14. The van der Waals surface area contributed by atoms with Crippen LogP contribution < -0.4 is 5.73 Å². The molecule has 0 aliphatic carbocycles. The third kappa shape index (κ3) is 3.72. The molecule has 0 aliphatic heterocycles. The summed E-state index contributed by atoms with van der Waals surface area (Å²) < 4.78 is 0. The molecule has 0 aromatic heterocycles. The summed E-state index contributed by atoms with van der Waals surface area (Å²) in [4.78, 5) is 10.6. The van der Waals surface area contributed by atoms with E-state index in [-0.39, 0.29) is 6.61 Å². The van der Waals surface area contributed by atoms with Crippen molar-refractivity contribution in [1.82, 2.24) is 0 Å². The Kier molecular flexibility index (Phi) is 4.84. The summed E-state index contributed by atoms with van der Waals surface area (Å²) in [5, 5.41) is 8.62. The van der Waals surface area contributed by atoms with Crippen LogP contribution in [0.1, 0.15) is 35.2 Å². The molecular formula is C12H17NO2. The molecule has 0 atom stereocenters. The van der Waals surface area contributed by atoms with Crippen LogP contribution in [-0.2, 0) is 6.42 Å². The number of rotatable bonds is 6. The van der Waals surface area contributed by atoms with E-state index in [1.54, 1.807) is 6.07 Å². The van der Waals surface area contributed by atoms with Crippen molar-refractivity contribution in [2.45, 2.75) is 25.7 Å². The van der Waals surface area contributed by atoms with Gasteiger partial charge in [-0.05, 0) is 37.0 Å². The predicted molar refractivity (Wildman–Crippen MR) is 60.9 cm³/mol. The number of nitrogens with two attached hydrogens (primary N) is 1. The molecule has 15 heavy (non-hydrogen) atoms. The molecule has 0 aliphatic rings. The molecule has 0 saturated carbocycles. The molecular weight excluding hydrogens is 190 g/mol. The Labute approximate surface area is 89.9 Å². The summed E-state index contributed by atoms with van der Waals surface area (Å²) in [6.07, 6.45) is 4.60. The monoisotopic (exact) mass is 207 g/mol. The second-order valence-electron chi connectivity index (χ2n) is 3.62. The summed E-state index contributed by atoms with van der Waals surface area (Å²) in [6, 6.07) is 5.55. The van der Waals surface area contributed by atoms with Gasteiger partial charge in [0.25, 0.3) is 0 Å². The third-order valence-corrected chi connectivity index (χ3v) is 2.40. The van der Waals surface area contributed by atoms with Crippen LogP contribution in [0, 0.1) is 0 Å². The van der Waals surface area contributed by atoms with E-state index in [1.165, 1.54) is 0 Å². The Hall–Kier alpha value is -1.35. The van der Waals surface area contributed by atoms with E-state index < -0.39 is 0 Å². The van der Waals surface area contributed by atoms with Gasteiger partial charge in [0.1, 0.15) is 0 Å². The van der Waals surface area contributed by atoms with E-state index in [0.717, 1.165) is 37.5 Å². The Morgan fingerprint density at radius 1 is 1.27 bits per heavy atom. The Morgan fingerprint density at radius 2 is 2.07 bits per heavy atom. The predicted octanol–water partition coefficient (Wildman–Crippen LogP) is 1.79. The van der Waals surface area contributed by atoms with Gasteiger partial charge in [0.05, 0.1) is 0 Å². The normalized spacial score (nSPS) is 10.2. The number of aryl methyl sites for hydroxylation is 1. The van der Waals surface area contributed by atoms with Crippen LogP contribution in [0.15, 0.2) is 18.2 Å². The lowest BCUT2D eigenvalue weighted by molar-refractivity contribution is 0.112. The van der Waals surface area contributed by atoms with Crippen molar-refractivity contribution < 1.29 is 9.90 Å². The maximum atomic E-state index is 10.6. The summed E-state index contributed by atoms with van der Waals surface area (Å²) in [5.41, 5.74) is 7.84. The number of aliphatic hydroxyl groups excluding tert-OH is 1. The number of benzene rings is 1. The zero-order chi connectivity index (χ0) is 11.1. The quantitative estimate of drug-likeness (QED) is 0.424. The molecule has 1 rings (SSSR count). The highest BCUT2D eigenvalue weighted by Gasteiger charge is 1.99. The molecule has 0 bridgehead atoms. The molecule has 0 spiro atoms. The molecule has 3 heteroatoms. The molecule has 1 aromatic rings. The second kappa shape index (κ2) is 6.19. The zero-order valence-electron chi connectivity index (χ0n) is 8.78. The molecule has 0 heterocycles. The minimum atomic E-state index is 0.251. The van der Waals surface area contributed by atoms with Crippen LogP contribution in [0.25, 0.3) is 0 Å². The number of unbranched alkanes of at least 4 members (excludes halogenated alkanes) is 2. The smallest absolute Gasteiger partial charge is 0.152 e. The van der Waals surface area contributed by atoms with Gasteiger partial charge < -0.3 is 10.8 Å². The highest BCUT2D eigenvalue weighted by atomic mass is 16.2. The van der Waals surface area contributed by atoms with Gasteiger partial charge in [-0.15, -0.1) is 0 Å². The number of carbonyl (C=O) groups excluding carboxylic acids is 1. The van der Waals surface area contributed by atoms with Crippen molar-refractivity contribution in [2.24, 2.45) is 0 Å². The minimum absolute atomic E-state index is 0.251. The van der Waals surface area contributed by atoms with Crippen LogP contribution in [0.3, 0.4) is 0 Å². The van der Waals surface area contributed by atoms with Crippen molar-refractivity contribution in [3.63, 3.8) is 0 Å². The van der Waals surface area contributed by atoms with Gasteiger partial charge >= 0.3 is 0 Å². The molecule has 0 fully saturated rings. The van der Waals surface area contributed by atoms with E-state index in [4.69, 9.17) is 10.8 Å². The first kappa shape index (κ1) is 11.7. The Balaban J connectivity index is 2.51. The van der Waals surface area contributed by atoms with Crippen LogP contribution in [0.5, 0.6) is 0 Å². The lowest BCUT2D eigenvalue weighted by Crippen LogP contribution is -1.95. The van der Waals surface area contributed by atoms with Crippen molar-refractivity contribution in [3.05, 3.63) is 29.3 Å². The molecule has 0 radical (unpaired) electrons. The lowest BCUT2D eigenvalue weighted by Gasteiger charge is -2.04. The van der Waals surface area contributed by atoms with Gasteiger partial charge in [0.2, 0.25) is 0 Å². The first-order chi connectivity index (χ1) is 7.27. The largest absolute Gasteiger partial charge is 0.398 e. The fourth-order valence-electron chi connectivity index (χ4n) is 1.50. The number of hydrogen-bond donors (Lipinski definition) is 2. The van der Waals surface area contributed by atoms with Gasteiger partial charge in [-0.3, -0.25) is 4.79 Å². The molecule has 1 aromatic carbocycles. The number of aldehydes is 1. The third-order valence-electron chi connectivity index (χ3n) is 2.40. The van der Waals surface area contributed by atoms with Crippen LogP contribution in [0.4, 0.5) is 5.69 Å². The van der Waals surface area contributed by atoms with Crippen molar-refractivity contribution in [3.8, 4) is 0 Å². The van der Waals surface area contributed by atoms with E-state index in [0.29, 0.717) is 11.3 Å². The van der Waals surface area contributed by atoms with Gasteiger partial charge in [-0.25, -0.2) is 0 Å². The molecule has 0 saturated heterocycles. The Bertz CT molecular complexity index is 323. The molecule has 82 valence electrons. The topological polar surface area (TPSA) is 63.3 Å². The second-order valence-corrected chi connectivity index (χ2v) is 3.62. The first-order valence-electron chi connectivity index (χ1n) is 5.22. The van der Waals surface area contributed by atoms with Gasteiger partial charge in [0.15, 0.2) is 6.29 Å². The fraction of sp³-hybridized carbons (Fsp3) is 0.417. The average molecular weight is 207 g/mol. The first-order valence-corrected chi connectivity index (χ1v) is 5.22. The van der Waals surface area contributed by atoms with Gasteiger partial charge in [-0.2, -0.15) is 0 Å². The Morgan fingerprint density at radius 3 is 2.73 bits per heavy atom. The van der Waals surface area contributed by atoms with Crippen molar-refractivity contribution in [2.75, 3.05) is 12.3 Å². The number of aliphatic hydroxyl groups is 1. The van der Waals surface area contributed by atoms with Gasteiger partial charge in [0, 0.05) is 17.9 Å². The van der Waals surface area contributed by atoms with Crippen molar-refractivity contribution >= 4 is 12.0 Å². The van der Waals surface area contributed by atoms with Crippen LogP contribution >= 0.6 is 0 Å². The van der Waals surface area contributed by atoms with E-state index in [9.17, 15) is 4.79 Å². The standard InChI is InChI=1S/C12H17NO2/c13-12-6-5-10(8-11(12)9-15)4-2-1-3-7-14/h5-6,8-9,14H,1-4,7,13H2. The molecule has 3 nitrogen and oxygen atoms in total. The van der Waals surface area contributed by atoms with Crippen LogP contribution in [-0.4, -0.2) is 18.0 Å². The number of hydrogen-bond acceptors (Lipinski definition) is 3. The summed E-state index contributed by atoms with van der Waals surface area (Å²) in [6.45, 7) is 0.251. The minimum Gasteiger partial charge on any atom is -0.398 e.